The number of carbonyl (C=O) groups excluding carboxylic acids is 1. The van der Waals surface area contributed by atoms with Gasteiger partial charge in [0.2, 0.25) is 5.76 Å². The van der Waals surface area contributed by atoms with Crippen LogP contribution in [0, 0.1) is 12.8 Å². The van der Waals surface area contributed by atoms with Crippen molar-refractivity contribution in [3.05, 3.63) is 53.4 Å². The number of aliphatic hydroxyl groups excluding tert-OH is 1. The van der Waals surface area contributed by atoms with Crippen LogP contribution in [0.15, 0.2) is 40.9 Å². The molecule has 0 saturated carbocycles. The minimum absolute atomic E-state index is 0.117. The molecular formula is C17H20N2O3. The average Bonchev–Trinajstić information content (AvgIpc) is 3.01. The van der Waals surface area contributed by atoms with Crippen molar-refractivity contribution in [3.8, 4) is 0 Å². The molecule has 2 heterocycles. The molecule has 1 aromatic heterocycles. The summed E-state index contributed by atoms with van der Waals surface area (Å²) in [5, 5.41) is 14.2. The fourth-order valence-electron chi connectivity index (χ4n) is 2.96. The van der Waals surface area contributed by atoms with Gasteiger partial charge in [0.15, 0.2) is 0 Å². The van der Waals surface area contributed by atoms with E-state index < -0.39 is 6.10 Å². The van der Waals surface area contributed by atoms with Crippen molar-refractivity contribution >= 4 is 5.91 Å². The van der Waals surface area contributed by atoms with Crippen LogP contribution in [0.4, 0.5) is 0 Å². The lowest BCUT2D eigenvalue weighted by molar-refractivity contribution is 0.0437. The largest absolute Gasteiger partial charge is 0.388 e. The van der Waals surface area contributed by atoms with Crippen LogP contribution in [0.3, 0.4) is 0 Å². The highest BCUT2D eigenvalue weighted by Crippen LogP contribution is 2.31. The standard InChI is InChI=1S/C17H20N2O3/c1-12-11-15(22-18-12)17(21)19-9-7-14(8-10-19)16(20)13-5-3-2-4-6-13/h2-6,11,14,16,20H,7-10H2,1H3. The lowest BCUT2D eigenvalue weighted by atomic mass is 9.87. The molecule has 5 heteroatoms. The first kappa shape index (κ1) is 14.8. The topological polar surface area (TPSA) is 66.6 Å². The first-order valence-electron chi connectivity index (χ1n) is 7.61. The maximum atomic E-state index is 12.3. The molecule has 1 aliphatic rings. The second-order valence-electron chi connectivity index (χ2n) is 5.82. The van der Waals surface area contributed by atoms with Crippen LogP contribution in [-0.2, 0) is 0 Å². The maximum Gasteiger partial charge on any atom is 0.292 e. The van der Waals surface area contributed by atoms with Crippen molar-refractivity contribution in [1.29, 1.82) is 0 Å². The zero-order chi connectivity index (χ0) is 15.5. The van der Waals surface area contributed by atoms with E-state index in [9.17, 15) is 9.90 Å². The summed E-state index contributed by atoms with van der Waals surface area (Å²) in [6, 6.07) is 11.4. The van der Waals surface area contributed by atoms with E-state index in [0.717, 1.165) is 18.4 Å². The van der Waals surface area contributed by atoms with Gasteiger partial charge in [-0.05, 0) is 31.2 Å². The summed E-state index contributed by atoms with van der Waals surface area (Å²) in [6.07, 6.45) is 1.11. The van der Waals surface area contributed by atoms with Gasteiger partial charge in [0.05, 0.1) is 11.8 Å². The third kappa shape index (κ3) is 3.04. The van der Waals surface area contributed by atoms with Gasteiger partial charge in [0, 0.05) is 19.2 Å². The molecule has 22 heavy (non-hydrogen) atoms. The summed E-state index contributed by atoms with van der Waals surface area (Å²) in [5.74, 6) is 0.357. The fraction of sp³-hybridized carbons (Fsp3) is 0.412. The van der Waals surface area contributed by atoms with Gasteiger partial charge in [-0.15, -0.1) is 0 Å². The molecule has 2 aromatic rings. The molecule has 1 atom stereocenters. The van der Waals surface area contributed by atoms with Gasteiger partial charge in [0.25, 0.3) is 5.91 Å². The van der Waals surface area contributed by atoms with Crippen molar-refractivity contribution in [2.24, 2.45) is 5.92 Å². The van der Waals surface area contributed by atoms with Crippen molar-refractivity contribution in [1.82, 2.24) is 10.1 Å². The number of likely N-dealkylation sites (tertiary alicyclic amines) is 1. The van der Waals surface area contributed by atoms with Crippen LogP contribution in [0.2, 0.25) is 0 Å². The van der Waals surface area contributed by atoms with Crippen molar-refractivity contribution in [3.63, 3.8) is 0 Å². The summed E-state index contributed by atoms with van der Waals surface area (Å²) >= 11 is 0. The molecule has 0 bridgehead atoms. The lowest BCUT2D eigenvalue weighted by Gasteiger charge is -2.33. The molecule has 1 unspecified atom stereocenters. The summed E-state index contributed by atoms with van der Waals surface area (Å²) in [5.41, 5.74) is 1.65. The second kappa shape index (κ2) is 6.32. The smallest absolute Gasteiger partial charge is 0.292 e. The summed E-state index contributed by atoms with van der Waals surface area (Å²) in [4.78, 5) is 14.1. The third-order valence-corrected chi connectivity index (χ3v) is 4.25. The third-order valence-electron chi connectivity index (χ3n) is 4.25. The van der Waals surface area contributed by atoms with Crippen molar-refractivity contribution in [2.75, 3.05) is 13.1 Å². The summed E-state index contributed by atoms with van der Waals surface area (Å²) < 4.78 is 5.03. The molecule has 1 fully saturated rings. The molecule has 1 N–H and O–H groups in total. The minimum atomic E-state index is -0.467. The summed E-state index contributed by atoms with van der Waals surface area (Å²) in [7, 11) is 0. The molecule has 1 aliphatic heterocycles. The zero-order valence-electron chi connectivity index (χ0n) is 12.6. The van der Waals surface area contributed by atoms with Crippen LogP contribution in [0.1, 0.15) is 40.8 Å². The van der Waals surface area contributed by atoms with Gasteiger partial charge in [-0.3, -0.25) is 4.79 Å². The zero-order valence-corrected chi connectivity index (χ0v) is 12.6. The molecule has 1 amide bonds. The quantitative estimate of drug-likeness (QED) is 0.946. The van der Waals surface area contributed by atoms with Crippen LogP contribution >= 0.6 is 0 Å². The Balaban J connectivity index is 1.59. The number of hydrogen-bond donors (Lipinski definition) is 1. The molecule has 0 radical (unpaired) electrons. The number of amides is 1. The van der Waals surface area contributed by atoms with Gasteiger partial charge in [-0.1, -0.05) is 35.5 Å². The van der Waals surface area contributed by atoms with Crippen LogP contribution in [0.5, 0.6) is 0 Å². The number of nitrogens with zero attached hydrogens (tertiary/aromatic N) is 2. The number of aromatic nitrogens is 1. The van der Waals surface area contributed by atoms with Gasteiger partial charge in [-0.2, -0.15) is 0 Å². The Morgan fingerprint density at radius 1 is 1.32 bits per heavy atom. The number of aliphatic hydroxyl groups is 1. The highest BCUT2D eigenvalue weighted by molar-refractivity contribution is 5.91. The van der Waals surface area contributed by atoms with E-state index in [-0.39, 0.29) is 11.8 Å². The van der Waals surface area contributed by atoms with Crippen LogP contribution in [0.25, 0.3) is 0 Å². The highest BCUT2D eigenvalue weighted by Gasteiger charge is 2.29. The Labute approximate surface area is 129 Å². The SMILES string of the molecule is Cc1cc(C(=O)N2CCC(C(O)c3ccccc3)CC2)on1. The van der Waals surface area contributed by atoms with Gasteiger partial charge in [0.1, 0.15) is 0 Å². The molecule has 1 saturated heterocycles. The maximum absolute atomic E-state index is 12.3. The molecule has 0 aliphatic carbocycles. The lowest BCUT2D eigenvalue weighted by Crippen LogP contribution is -2.39. The predicted octanol–water partition coefficient (Wildman–Crippen LogP) is 2.57. The molecule has 5 nitrogen and oxygen atoms in total. The fourth-order valence-corrected chi connectivity index (χ4v) is 2.96. The Morgan fingerprint density at radius 2 is 2.00 bits per heavy atom. The molecule has 3 rings (SSSR count). The Bertz CT molecular complexity index is 630. The van der Waals surface area contributed by atoms with E-state index in [2.05, 4.69) is 5.16 Å². The van der Waals surface area contributed by atoms with Crippen molar-refractivity contribution in [2.45, 2.75) is 25.9 Å². The van der Waals surface area contributed by atoms with Crippen LogP contribution < -0.4 is 0 Å². The van der Waals surface area contributed by atoms with E-state index in [1.165, 1.54) is 0 Å². The van der Waals surface area contributed by atoms with Gasteiger partial charge < -0.3 is 14.5 Å². The second-order valence-corrected chi connectivity index (χ2v) is 5.82. The minimum Gasteiger partial charge on any atom is -0.388 e. The van der Waals surface area contributed by atoms with E-state index in [0.29, 0.717) is 24.5 Å². The number of carbonyl (C=O) groups is 1. The first-order chi connectivity index (χ1) is 10.6. The normalized spacial score (nSPS) is 17.5. The number of piperidine rings is 1. The van der Waals surface area contributed by atoms with Gasteiger partial charge in [-0.25, -0.2) is 0 Å². The molecule has 116 valence electrons. The number of aryl methyl sites for hydroxylation is 1. The first-order valence-corrected chi connectivity index (χ1v) is 7.61. The number of hydrogen-bond acceptors (Lipinski definition) is 4. The molecular weight excluding hydrogens is 280 g/mol. The molecule has 0 spiro atoms. The van der Waals surface area contributed by atoms with E-state index >= 15 is 0 Å². The summed E-state index contributed by atoms with van der Waals surface area (Å²) in [6.45, 7) is 3.06. The monoisotopic (exact) mass is 300 g/mol. The van der Waals surface area contributed by atoms with E-state index in [1.807, 2.05) is 30.3 Å². The van der Waals surface area contributed by atoms with Gasteiger partial charge >= 0.3 is 0 Å². The number of benzene rings is 1. The molecule has 1 aromatic carbocycles. The Kier molecular flexibility index (Phi) is 4.24. The number of rotatable bonds is 3. The highest BCUT2D eigenvalue weighted by atomic mass is 16.5. The van der Waals surface area contributed by atoms with Crippen molar-refractivity contribution < 1.29 is 14.4 Å². The Morgan fingerprint density at radius 3 is 2.59 bits per heavy atom. The van der Waals surface area contributed by atoms with Crippen LogP contribution in [-0.4, -0.2) is 34.2 Å². The predicted molar refractivity (Wildman–Crippen MR) is 81.3 cm³/mol. The average molecular weight is 300 g/mol. The Hall–Kier alpha value is -2.14. The van der Waals surface area contributed by atoms with E-state index in [4.69, 9.17) is 4.52 Å². The van der Waals surface area contributed by atoms with E-state index in [1.54, 1.807) is 17.9 Å².